The molecule has 1 aromatic carbocycles. The molecule has 0 saturated carbocycles. The molecular weight excluding hydrogens is 292 g/mol. The highest BCUT2D eigenvalue weighted by Crippen LogP contribution is 2.22. The van der Waals surface area contributed by atoms with Gasteiger partial charge in [-0.05, 0) is 36.8 Å². The van der Waals surface area contributed by atoms with E-state index in [1.165, 1.54) is 5.56 Å². The van der Waals surface area contributed by atoms with E-state index in [-0.39, 0.29) is 18.9 Å². The molecule has 2 aromatic rings. The Hall–Kier alpha value is -2.14. The van der Waals surface area contributed by atoms with Crippen LogP contribution in [0.4, 0.5) is 0 Å². The third kappa shape index (κ3) is 3.99. The van der Waals surface area contributed by atoms with E-state index in [2.05, 4.69) is 11.2 Å². The van der Waals surface area contributed by atoms with Gasteiger partial charge in [-0.15, -0.1) is 0 Å². The first-order chi connectivity index (χ1) is 11.1. The average molecular weight is 314 g/mol. The highest BCUT2D eigenvalue weighted by Gasteiger charge is 2.27. The van der Waals surface area contributed by atoms with Crippen molar-refractivity contribution in [3.63, 3.8) is 0 Å². The van der Waals surface area contributed by atoms with Gasteiger partial charge >= 0.3 is 0 Å². The highest BCUT2D eigenvalue weighted by molar-refractivity contribution is 5.78. The Kier molecular flexibility index (Phi) is 4.76. The number of benzene rings is 1. The van der Waals surface area contributed by atoms with Crippen LogP contribution in [-0.2, 0) is 24.2 Å². The Morgan fingerprint density at radius 2 is 2.22 bits per heavy atom. The molecule has 1 aliphatic rings. The summed E-state index contributed by atoms with van der Waals surface area (Å²) in [7, 11) is 0. The van der Waals surface area contributed by atoms with Crippen LogP contribution in [0.1, 0.15) is 29.0 Å². The van der Waals surface area contributed by atoms with Crippen LogP contribution in [0.5, 0.6) is 0 Å². The fraction of sp³-hybridized carbons (Fsp3) is 0.444. The van der Waals surface area contributed by atoms with Crippen molar-refractivity contribution in [2.75, 3.05) is 13.1 Å². The zero-order valence-electron chi connectivity index (χ0n) is 13.4. The molecule has 122 valence electrons. The lowest BCUT2D eigenvalue weighted by Crippen LogP contribution is -2.30. The Labute approximate surface area is 135 Å². The number of aliphatic hydroxyl groups excluding tert-OH is 1. The summed E-state index contributed by atoms with van der Waals surface area (Å²) in [4.78, 5) is 14.2. The van der Waals surface area contributed by atoms with Crippen LogP contribution in [0.25, 0.3) is 0 Å². The Morgan fingerprint density at radius 3 is 2.96 bits per heavy atom. The molecule has 3 rings (SSSR count). The molecule has 23 heavy (non-hydrogen) atoms. The molecule has 1 aromatic heterocycles. The SMILES string of the molecule is Cc1cc(CC(=O)N2CC[C@H](Cc3cccc(CO)c3)C2)on1. The van der Waals surface area contributed by atoms with Gasteiger partial charge in [-0.3, -0.25) is 4.79 Å². The first kappa shape index (κ1) is 15.7. The van der Waals surface area contributed by atoms with Crippen LogP contribution in [0, 0.1) is 12.8 Å². The quantitative estimate of drug-likeness (QED) is 0.918. The molecule has 2 heterocycles. The van der Waals surface area contributed by atoms with Crippen LogP contribution in [0.3, 0.4) is 0 Å². The summed E-state index contributed by atoms with van der Waals surface area (Å²) in [5, 5.41) is 13.0. The number of amides is 1. The molecule has 0 spiro atoms. The molecule has 5 heteroatoms. The minimum atomic E-state index is 0.0692. The molecule has 5 nitrogen and oxygen atoms in total. The summed E-state index contributed by atoms with van der Waals surface area (Å²) in [5.41, 5.74) is 2.96. The van der Waals surface area contributed by atoms with Crippen molar-refractivity contribution in [1.29, 1.82) is 0 Å². The molecule has 1 N–H and O–H groups in total. The van der Waals surface area contributed by atoms with Gasteiger partial charge in [-0.2, -0.15) is 0 Å². The Balaban J connectivity index is 1.54. The smallest absolute Gasteiger partial charge is 0.230 e. The molecule has 0 unspecified atom stereocenters. The van der Waals surface area contributed by atoms with Gasteiger partial charge in [0.05, 0.1) is 18.7 Å². The molecule has 1 atom stereocenters. The molecule has 1 amide bonds. The fourth-order valence-corrected chi connectivity index (χ4v) is 3.17. The summed E-state index contributed by atoms with van der Waals surface area (Å²) in [5.74, 6) is 1.21. The lowest BCUT2D eigenvalue weighted by Gasteiger charge is -2.16. The third-order valence-electron chi connectivity index (χ3n) is 4.34. The van der Waals surface area contributed by atoms with Crippen molar-refractivity contribution in [1.82, 2.24) is 10.1 Å². The molecular formula is C18H22N2O3. The summed E-state index contributed by atoms with van der Waals surface area (Å²) >= 11 is 0. The van der Waals surface area contributed by atoms with E-state index in [0.29, 0.717) is 11.7 Å². The maximum Gasteiger partial charge on any atom is 0.230 e. The van der Waals surface area contributed by atoms with Gasteiger partial charge in [0.2, 0.25) is 5.91 Å². The molecule has 0 radical (unpaired) electrons. The fourth-order valence-electron chi connectivity index (χ4n) is 3.17. The zero-order valence-corrected chi connectivity index (χ0v) is 13.4. The second kappa shape index (κ2) is 6.96. The summed E-state index contributed by atoms with van der Waals surface area (Å²) < 4.78 is 5.12. The molecule has 0 aliphatic carbocycles. The van der Waals surface area contributed by atoms with Crippen molar-refractivity contribution in [2.45, 2.75) is 32.8 Å². The number of nitrogens with zero attached hydrogens (tertiary/aromatic N) is 2. The van der Waals surface area contributed by atoms with Gasteiger partial charge in [0, 0.05) is 19.2 Å². The standard InChI is InChI=1S/C18H22N2O3/c1-13-7-17(23-19-13)10-18(22)20-6-5-15(11-20)8-14-3-2-4-16(9-14)12-21/h2-4,7,9,15,21H,5-6,8,10-12H2,1H3/t15-/m1/s1. The van der Waals surface area contributed by atoms with Gasteiger partial charge < -0.3 is 14.5 Å². The van der Waals surface area contributed by atoms with Crippen LogP contribution in [0.15, 0.2) is 34.9 Å². The minimum Gasteiger partial charge on any atom is -0.392 e. The van der Waals surface area contributed by atoms with Crippen molar-refractivity contribution >= 4 is 5.91 Å². The Bertz CT molecular complexity index is 680. The van der Waals surface area contributed by atoms with E-state index in [1.807, 2.05) is 36.1 Å². The van der Waals surface area contributed by atoms with E-state index < -0.39 is 0 Å². The van der Waals surface area contributed by atoms with Crippen LogP contribution in [0.2, 0.25) is 0 Å². The van der Waals surface area contributed by atoms with Gasteiger partial charge in [-0.25, -0.2) is 0 Å². The maximum atomic E-state index is 12.3. The highest BCUT2D eigenvalue weighted by atomic mass is 16.5. The van der Waals surface area contributed by atoms with Crippen LogP contribution < -0.4 is 0 Å². The number of carbonyl (C=O) groups is 1. The number of likely N-dealkylation sites (tertiary alicyclic amines) is 1. The summed E-state index contributed by atoms with van der Waals surface area (Å²) in [6.45, 7) is 3.51. The number of aromatic nitrogens is 1. The number of hydrogen-bond donors (Lipinski definition) is 1. The number of aryl methyl sites for hydroxylation is 1. The Morgan fingerprint density at radius 1 is 1.39 bits per heavy atom. The number of aliphatic hydroxyl groups is 1. The number of hydrogen-bond acceptors (Lipinski definition) is 4. The topological polar surface area (TPSA) is 66.6 Å². The van der Waals surface area contributed by atoms with Crippen LogP contribution >= 0.6 is 0 Å². The number of rotatable bonds is 5. The third-order valence-corrected chi connectivity index (χ3v) is 4.34. The van der Waals surface area contributed by atoms with Crippen LogP contribution in [-0.4, -0.2) is 34.2 Å². The summed E-state index contributed by atoms with van der Waals surface area (Å²) in [6.07, 6.45) is 2.25. The first-order valence-corrected chi connectivity index (χ1v) is 8.02. The maximum absolute atomic E-state index is 12.3. The van der Waals surface area contributed by atoms with Gasteiger partial charge in [0.1, 0.15) is 5.76 Å². The molecule has 1 fully saturated rings. The van der Waals surface area contributed by atoms with E-state index in [4.69, 9.17) is 4.52 Å². The van der Waals surface area contributed by atoms with Crippen molar-refractivity contribution in [2.24, 2.45) is 5.92 Å². The molecule has 0 bridgehead atoms. The van der Waals surface area contributed by atoms with E-state index >= 15 is 0 Å². The van der Waals surface area contributed by atoms with Gasteiger partial charge in [0.25, 0.3) is 0 Å². The van der Waals surface area contributed by atoms with Gasteiger partial charge in [0.15, 0.2) is 0 Å². The molecule has 1 aliphatic heterocycles. The second-order valence-electron chi connectivity index (χ2n) is 6.29. The minimum absolute atomic E-state index is 0.0692. The predicted octanol–water partition coefficient (Wildman–Crippen LogP) is 2.11. The number of carbonyl (C=O) groups excluding carboxylic acids is 1. The van der Waals surface area contributed by atoms with Crippen molar-refractivity contribution in [3.05, 3.63) is 52.9 Å². The predicted molar refractivity (Wildman–Crippen MR) is 85.7 cm³/mol. The average Bonchev–Trinajstić information content (AvgIpc) is 3.17. The first-order valence-electron chi connectivity index (χ1n) is 8.02. The van der Waals surface area contributed by atoms with E-state index in [0.717, 1.165) is 37.2 Å². The van der Waals surface area contributed by atoms with Crippen molar-refractivity contribution in [3.8, 4) is 0 Å². The zero-order chi connectivity index (χ0) is 16.2. The molecule has 1 saturated heterocycles. The lowest BCUT2D eigenvalue weighted by molar-refractivity contribution is -0.129. The second-order valence-corrected chi connectivity index (χ2v) is 6.29. The lowest BCUT2D eigenvalue weighted by atomic mass is 9.97. The largest absolute Gasteiger partial charge is 0.392 e. The van der Waals surface area contributed by atoms with Gasteiger partial charge in [-0.1, -0.05) is 29.4 Å². The van der Waals surface area contributed by atoms with E-state index in [1.54, 1.807) is 0 Å². The monoisotopic (exact) mass is 314 g/mol. The van der Waals surface area contributed by atoms with Crippen molar-refractivity contribution < 1.29 is 14.4 Å². The summed E-state index contributed by atoms with van der Waals surface area (Å²) in [6, 6.07) is 9.84. The van der Waals surface area contributed by atoms with E-state index in [9.17, 15) is 9.90 Å². The normalized spacial score (nSPS) is 17.7.